The Morgan fingerprint density at radius 2 is 2.05 bits per heavy atom. The van der Waals surface area contributed by atoms with Crippen LogP contribution in [0.15, 0.2) is 18.2 Å². The zero-order chi connectivity index (χ0) is 15.3. The molecule has 0 spiro atoms. The monoisotopic (exact) mass is 302 g/mol. The van der Waals surface area contributed by atoms with E-state index in [1.165, 1.54) is 32.3 Å². The highest BCUT2D eigenvalue weighted by atomic mass is 32.2. The molecule has 2 N–H and O–H groups in total. The summed E-state index contributed by atoms with van der Waals surface area (Å²) >= 11 is 0. The van der Waals surface area contributed by atoms with Gasteiger partial charge in [0.1, 0.15) is 5.75 Å². The Kier molecular flexibility index (Phi) is 5.34. The average Bonchev–Trinajstić information content (AvgIpc) is 2.36. The lowest BCUT2D eigenvalue weighted by Crippen LogP contribution is -2.29. The first kappa shape index (κ1) is 16.3. The van der Waals surface area contributed by atoms with Crippen LogP contribution in [-0.4, -0.2) is 44.5 Å². The number of anilines is 1. The number of hydrogen-bond donors (Lipinski definition) is 2. The van der Waals surface area contributed by atoms with Crippen molar-refractivity contribution in [1.29, 1.82) is 0 Å². The SMILES string of the molecule is CCCOc1ccc(C(=O)O)cc1NS(=O)(=O)N(C)C. The third-order valence-electron chi connectivity index (χ3n) is 2.41. The Labute approximate surface area is 118 Å². The number of carboxylic acid groups (broad SMARTS) is 1. The maximum atomic E-state index is 11.8. The van der Waals surface area contributed by atoms with Crippen LogP contribution in [0.2, 0.25) is 0 Å². The number of nitrogens with zero attached hydrogens (tertiary/aromatic N) is 1. The molecule has 112 valence electrons. The van der Waals surface area contributed by atoms with Crippen molar-refractivity contribution in [1.82, 2.24) is 4.31 Å². The lowest BCUT2D eigenvalue weighted by Gasteiger charge is -2.17. The van der Waals surface area contributed by atoms with E-state index in [0.29, 0.717) is 12.4 Å². The quantitative estimate of drug-likeness (QED) is 0.793. The molecule has 0 aliphatic heterocycles. The maximum Gasteiger partial charge on any atom is 0.335 e. The lowest BCUT2D eigenvalue weighted by atomic mass is 10.2. The molecule has 0 fully saturated rings. The second-order valence-electron chi connectivity index (χ2n) is 4.25. The van der Waals surface area contributed by atoms with Gasteiger partial charge in [-0.05, 0) is 24.6 Å². The number of hydrogen-bond acceptors (Lipinski definition) is 4. The number of nitrogens with one attached hydrogen (secondary N) is 1. The van der Waals surface area contributed by atoms with Gasteiger partial charge in [0.2, 0.25) is 0 Å². The molecule has 7 nitrogen and oxygen atoms in total. The molecular weight excluding hydrogens is 284 g/mol. The van der Waals surface area contributed by atoms with Crippen molar-refractivity contribution in [2.24, 2.45) is 0 Å². The van der Waals surface area contributed by atoms with Gasteiger partial charge in [0.25, 0.3) is 0 Å². The van der Waals surface area contributed by atoms with Crippen LogP contribution in [0, 0.1) is 0 Å². The normalized spacial score (nSPS) is 11.4. The summed E-state index contributed by atoms with van der Waals surface area (Å²) < 4.78 is 32.3. The molecule has 0 saturated carbocycles. The van der Waals surface area contributed by atoms with Crippen molar-refractivity contribution in [3.8, 4) is 5.75 Å². The van der Waals surface area contributed by atoms with Crippen LogP contribution in [0.4, 0.5) is 5.69 Å². The summed E-state index contributed by atoms with van der Waals surface area (Å²) in [7, 11) is -0.989. The Morgan fingerprint density at radius 3 is 2.55 bits per heavy atom. The van der Waals surface area contributed by atoms with E-state index in [1.54, 1.807) is 0 Å². The summed E-state index contributed by atoms with van der Waals surface area (Å²) in [5.41, 5.74) is 0.0809. The second-order valence-corrected chi connectivity index (χ2v) is 6.14. The molecule has 0 aromatic heterocycles. The fraction of sp³-hybridized carbons (Fsp3) is 0.417. The lowest BCUT2D eigenvalue weighted by molar-refractivity contribution is 0.0697. The van der Waals surface area contributed by atoms with E-state index in [-0.39, 0.29) is 11.3 Å². The number of benzene rings is 1. The van der Waals surface area contributed by atoms with Crippen molar-refractivity contribution in [3.63, 3.8) is 0 Å². The standard InChI is InChI=1S/C12H18N2O5S/c1-4-7-19-11-6-5-9(12(15)16)8-10(11)13-20(17,18)14(2)3/h5-6,8,13H,4,7H2,1-3H3,(H,15,16). The summed E-state index contributed by atoms with van der Waals surface area (Å²) in [5.74, 6) is -0.848. The number of carbonyl (C=O) groups is 1. The molecule has 1 aromatic carbocycles. The molecule has 0 radical (unpaired) electrons. The summed E-state index contributed by atoms with van der Waals surface area (Å²) in [5, 5.41) is 8.96. The summed E-state index contributed by atoms with van der Waals surface area (Å²) in [6.45, 7) is 2.32. The van der Waals surface area contributed by atoms with Crippen molar-refractivity contribution < 1.29 is 23.1 Å². The predicted octanol–water partition coefficient (Wildman–Crippen LogP) is 1.39. The second kappa shape index (κ2) is 6.58. The first-order chi connectivity index (χ1) is 9.27. The van der Waals surface area contributed by atoms with Gasteiger partial charge in [-0.2, -0.15) is 12.7 Å². The molecule has 1 aromatic rings. The zero-order valence-electron chi connectivity index (χ0n) is 11.6. The first-order valence-electron chi connectivity index (χ1n) is 5.98. The Morgan fingerprint density at radius 1 is 1.40 bits per heavy atom. The van der Waals surface area contributed by atoms with Crippen LogP contribution in [0.25, 0.3) is 0 Å². The highest BCUT2D eigenvalue weighted by Gasteiger charge is 2.17. The molecular formula is C12H18N2O5S. The minimum atomic E-state index is -3.73. The smallest absolute Gasteiger partial charge is 0.335 e. The third-order valence-corrected chi connectivity index (χ3v) is 3.85. The van der Waals surface area contributed by atoms with E-state index in [0.717, 1.165) is 10.7 Å². The van der Waals surface area contributed by atoms with E-state index in [9.17, 15) is 13.2 Å². The molecule has 0 unspecified atom stereocenters. The van der Waals surface area contributed by atoms with Gasteiger partial charge in [-0.1, -0.05) is 6.92 Å². The van der Waals surface area contributed by atoms with E-state index < -0.39 is 16.2 Å². The summed E-state index contributed by atoms with van der Waals surface area (Å²) in [6, 6.07) is 4.03. The summed E-state index contributed by atoms with van der Waals surface area (Å²) in [4.78, 5) is 10.9. The third kappa shape index (κ3) is 4.10. The van der Waals surface area contributed by atoms with E-state index in [2.05, 4.69) is 4.72 Å². The number of aromatic carboxylic acids is 1. The van der Waals surface area contributed by atoms with E-state index in [4.69, 9.17) is 9.84 Å². The molecule has 0 aliphatic rings. The van der Waals surface area contributed by atoms with E-state index in [1.807, 2.05) is 6.92 Å². The fourth-order valence-electron chi connectivity index (χ4n) is 1.31. The molecule has 0 heterocycles. The van der Waals surface area contributed by atoms with Crippen LogP contribution in [0.5, 0.6) is 5.75 Å². The zero-order valence-corrected chi connectivity index (χ0v) is 12.4. The van der Waals surface area contributed by atoms with Crippen LogP contribution in [-0.2, 0) is 10.2 Å². The van der Waals surface area contributed by atoms with Gasteiger partial charge in [0.15, 0.2) is 0 Å². The minimum absolute atomic E-state index is 0.0229. The molecule has 0 amide bonds. The highest BCUT2D eigenvalue weighted by molar-refractivity contribution is 7.90. The van der Waals surface area contributed by atoms with Crippen molar-refractivity contribution in [2.45, 2.75) is 13.3 Å². The summed E-state index contributed by atoms with van der Waals surface area (Å²) in [6.07, 6.45) is 0.751. The molecule has 1 rings (SSSR count). The van der Waals surface area contributed by atoms with Crippen LogP contribution in [0.1, 0.15) is 23.7 Å². The minimum Gasteiger partial charge on any atom is -0.491 e. The maximum absolute atomic E-state index is 11.8. The Bertz CT molecular complexity index is 584. The first-order valence-corrected chi connectivity index (χ1v) is 7.42. The van der Waals surface area contributed by atoms with Crippen molar-refractivity contribution in [3.05, 3.63) is 23.8 Å². The van der Waals surface area contributed by atoms with Gasteiger partial charge in [-0.15, -0.1) is 0 Å². The topological polar surface area (TPSA) is 95.9 Å². The van der Waals surface area contributed by atoms with Gasteiger partial charge in [0, 0.05) is 14.1 Å². The number of rotatable bonds is 7. The van der Waals surface area contributed by atoms with Gasteiger partial charge in [-0.3, -0.25) is 4.72 Å². The predicted molar refractivity (Wildman–Crippen MR) is 75.4 cm³/mol. The molecule has 0 saturated heterocycles. The molecule has 0 atom stereocenters. The fourth-order valence-corrected chi connectivity index (χ4v) is 1.93. The number of carboxylic acids is 1. The van der Waals surface area contributed by atoms with Gasteiger partial charge in [0.05, 0.1) is 17.9 Å². The molecule has 0 aliphatic carbocycles. The molecule has 0 bridgehead atoms. The van der Waals surface area contributed by atoms with Crippen LogP contribution < -0.4 is 9.46 Å². The molecule has 20 heavy (non-hydrogen) atoms. The highest BCUT2D eigenvalue weighted by Crippen LogP contribution is 2.27. The van der Waals surface area contributed by atoms with Crippen molar-refractivity contribution >= 4 is 21.9 Å². The van der Waals surface area contributed by atoms with Gasteiger partial charge in [-0.25, -0.2) is 4.79 Å². The van der Waals surface area contributed by atoms with Crippen LogP contribution >= 0.6 is 0 Å². The van der Waals surface area contributed by atoms with E-state index >= 15 is 0 Å². The Balaban J connectivity index is 3.17. The largest absolute Gasteiger partial charge is 0.491 e. The molecule has 8 heteroatoms. The van der Waals surface area contributed by atoms with Gasteiger partial charge < -0.3 is 9.84 Å². The van der Waals surface area contributed by atoms with Gasteiger partial charge >= 0.3 is 16.2 Å². The Hall–Kier alpha value is -1.80. The van der Waals surface area contributed by atoms with Crippen molar-refractivity contribution in [2.75, 3.05) is 25.4 Å². The number of ether oxygens (including phenoxy) is 1. The van der Waals surface area contributed by atoms with Crippen LogP contribution in [0.3, 0.4) is 0 Å². The average molecular weight is 302 g/mol.